The fraction of sp³-hybridized carbons (Fsp3) is 0.618. The van der Waals surface area contributed by atoms with Crippen molar-refractivity contribution in [1.82, 2.24) is 10.9 Å². The molecule has 3 aliphatic rings. The minimum atomic E-state index is -2.33. The van der Waals surface area contributed by atoms with Crippen LogP contribution in [0.4, 0.5) is 0 Å². The van der Waals surface area contributed by atoms with Crippen LogP contribution in [0.5, 0.6) is 0 Å². The molecule has 0 saturated carbocycles. The molecule has 0 radical (unpaired) electrons. The molecular weight excluding hydrogens is 1010 g/mol. The first-order chi connectivity index (χ1) is 36.0. The summed E-state index contributed by atoms with van der Waals surface area (Å²) < 4.78 is 34.9. The van der Waals surface area contributed by atoms with E-state index in [-0.39, 0.29) is 55.6 Å². The molecule has 2 saturated heterocycles. The van der Waals surface area contributed by atoms with Gasteiger partial charge in [-0.3, -0.25) is 25.2 Å². The van der Waals surface area contributed by atoms with Gasteiger partial charge in [-0.15, -0.1) is 0 Å². The fourth-order valence-electron chi connectivity index (χ4n) is 8.99. The minimum absolute atomic E-state index is 0.00260. The zero-order valence-corrected chi connectivity index (χ0v) is 44.8. The van der Waals surface area contributed by atoms with E-state index in [1.54, 1.807) is 76.3 Å². The van der Waals surface area contributed by atoms with Crippen molar-refractivity contribution < 1.29 is 88.4 Å². The number of hydrazine groups is 1. The first kappa shape index (κ1) is 64.2. The van der Waals surface area contributed by atoms with Crippen LogP contribution >= 0.6 is 12.6 Å². The Hall–Kier alpha value is -4.30. The molecule has 0 aromatic carbocycles. The molecule has 426 valence electrons. The third-order valence-electron chi connectivity index (χ3n) is 13.4. The lowest BCUT2D eigenvalue weighted by atomic mass is 9.82. The van der Waals surface area contributed by atoms with Crippen LogP contribution < -0.4 is 10.9 Å². The number of furan rings is 1. The number of allylic oxidation sites excluding steroid dienone is 12. The number of carbonyl (C=O) groups excluding carboxylic acids is 3. The summed E-state index contributed by atoms with van der Waals surface area (Å²) in [6, 6.07) is 2.84. The lowest BCUT2D eigenvalue weighted by Gasteiger charge is -2.45. The zero-order chi connectivity index (χ0) is 56.0. The predicted octanol–water partition coefficient (Wildman–Crippen LogP) is 3.09. The van der Waals surface area contributed by atoms with Crippen molar-refractivity contribution in [3.05, 3.63) is 109 Å². The van der Waals surface area contributed by atoms with Crippen molar-refractivity contribution in [2.75, 3.05) is 6.61 Å². The molecular formula is C55H82N2O18S. The number of amides is 2. The maximum absolute atomic E-state index is 13.9. The van der Waals surface area contributed by atoms with Crippen LogP contribution in [0.1, 0.15) is 103 Å². The van der Waals surface area contributed by atoms with Crippen LogP contribution in [-0.4, -0.2) is 167 Å². The summed E-state index contributed by atoms with van der Waals surface area (Å²) in [4.78, 5) is 39.5. The van der Waals surface area contributed by atoms with Gasteiger partial charge in [0.15, 0.2) is 17.8 Å². The van der Waals surface area contributed by atoms with Crippen LogP contribution in [0.25, 0.3) is 0 Å². The largest absolute Gasteiger partial charge is 0.462 e. The summed E-state index contributed by atoms with van der Waals surface area (Å²) in [6.45, 7) is 8.69. The standard InChI is InChI=1S/C55H82N2O18S/c1-33-19-16-14-12-10-8-6-7-9-11-13-15-17-20-41(74-54-44(63)29-42(61)37(5)73-54)28-48-50(53(68)57-56-52(67)47-21-18-24-70-47)45(64)31-55(69,75-48)30-40(60)26-43(62)46(71-32-34(2)76)23-22-38(58)25-39(59)27-49(65)72-36(4)35(3)51(33)66/h6-21,24,33-46,48,50-51,54,58-64,66,69,76H,22-23,25-32H2,1-5H3,(H,56,67)(H,57,68)/b7-6+,10-8+,11-9+,14-12+,15-13+,19-16+,20-17+/t33-,34+,35-,36-,37-,38+,39+,40-,41-,42-,43+,44-,45-,46+,48-,50+,51+,54?,55+/m0/s1. The highest BCUT2D eigenvalue weighted by atomic mass is 32.1. The van der Waals surface area contributed by atoms with E-state index in [1.807, 2.05) is 43.4 Å². The normalized spacial score (nSPS) is 39.9. The van der Waals surface area contributed by atoms with E-state index in [1.165, 1.54) is 18.4 Å². The molecule has 4 heterocycles. The molecule has 21 heteroatoms. The number of hydrogen-bond donors (Lipinski definition) is 12. The third-order valence-corrected chi connectivity index (χ3v) is 13.5. The average molecular weight is 1090 g/mol. The predicted molar refractivity (Wildman–Crippen MR) is 282 cm³/mol. The molecule has 20 nitrogen and oxygen atoms in total. The van der Waals surface area contributed by atoms with Crippen LogP contribution in [0.15, 0.2) is 108 Å². The summed E-state index contributed by atoms with van der Waals surface area (Å²) in [5, 5.41) is 100. The second kappa shape index (κ2) is 32.6. The Morgan fingerprint density at radius 1 is 0.737 bits per heavy atom. The second-order valence-electron chi connectivity index (χ2n) is 20.1. The van der Waals surface area contributed by atoms with Gasteiger partial charge >= 0.3 is 11.9 Å². The molecule has 0 aliphatic carbocycles. The van der Waals surface area contributed by atoms with Crippen molar-refractivity contribution >= 4 is 30.4 Å². The van der Waals surface area contributed by atoms with Crippen LogP contribution in [0.3, 0.4) is 0 Å². The van der Waals surface area contributed by atoms with Crippen molar-refractivity contribution in [1.29, 1.82) is 0 Å². The highest BCUT2D eigenvalue weighted by Gasteiger charge is 2.51. The number of rotatable bonds is 7. The van der Waals surface area contributed by atoms with E-state index in [0.29, 0.717) is 0 Å². The third kappa shape index (κ3) is 22.2. The maximum atomic E-state index is 13.9. The van der Waals surface area contributed by atoms with Gasteiger partial charge in [-0.05, 0) is 45.2 Å². The number of thiol groups is 1. The molecule has 19 atom stereocenters. The van der Waals surface area contributed by atoms with E-state index in [4.69, 9.17) is 28.1 Å². The first-order valence-corrected chi connectivity index (χ1v) is 26.5. The number of ether oxygens (including phenoxy) is 5. The maximum Gasteiger partial charge on any atom is 0.308 e. The Bertz CT molecular complexity index is 2110. The highest BCUT2D eigenvalue weighted by molar-refractivity contribution is 7.80. The van der Waals surface area contributed by atoms with Crippen LogP contribution in [0.2, 0.25) is 0 Å². The number of fused-ring (bicyclic) bond motifs is 2. The van der Waals surface area contributed by atoms with Gasteiger partial charge in [0.25, 0.3) is 0 Å². The number of carbonyl (C=O) groups is 3. The second-order valence-corrected chi connectivity index (χ2v) is 21.0. The minimum Gasteiger partial charge on any atom is -0.462 e. The number of esters is 1. The number of aliphatic hydroxyl groups is 9. The van der Waals surface area contributed by atoms with Crippen molar-refractivity contribution in [2.45, 2.75) is 189 Å². The summed E-state index contributed by atoms with van der Waals surface area (Å²) >= 11 is 4.38. The molecule has 2 amide bonds. The summed E-state index contributed by atoms with van der Waals surface area (Å²) in [6.07, 6.45) is 7.01. The first-order valence-electron chi connectivity index (χ1n) is 26.0. The molecule has 76 heavy (non-hydrogen) atoms. The molecule has 1 unspecified atom stereocenters. The molecule has 1 aromatic rings. The Kier molecular flexibility index (Phi) is 27.5. The van der Waals surface area contributed by atoms with Gasteiger partial charge in [0, 0.05) is 49.2 Å². The Balaban J connectivity index is 1.64. The van der Waals surface area contributed by atoms with E-state index in [9.17, 15) is 60.3 Å². The summed E-state index contributed by atoms with van der Waals surface area (Å²) in [7, 11) is 0. The highest BCUT2D eigenvalue weighted by Crippen LogP contribution is 2.38. The monoisotopic (exact) mass is 1090 g/mol. The van der Waals surface area contributed by atoms with Gasteiger partial charge in [0.2, 0.25) is 5.91 Å². The van der Waals surface area contributed by atoms with E-state index < -0.39 is 147 Å². The average Bonchev–Trinajstić information content (AvgIpc) is 3.89. The van der Waals surface area contributed by atoms with Gasteiger partial charge in [-0.1, -0.05) is 106 Å². The lowest BCUT2D eigenvalue weighted by Crippen LogP contribution is -2.59. The van der Waals surface area contributed by atoms with Gasteiger partial charge in [-0.25, -0.2) is 0 Å². The Labute approximate surface area is 450 Å². The molecule has 4 rings (SSSR count). The fourth-order valence-corrected chi connectivity index (χ4v) is 9.08. The van der Waals surface area contributed by atoms with E-state index in [2.05, 4.69) is 23.5 Å². The summed E-state index contributed by atoms with van der Waals surface area (Å²) in [5.74, 6) is -7.13. The van der Waals surface area contributed by atoms with Crippen LogP contribution in [0, 0.1) is 17.8 Å². The van der Waals surface area contributed by atoms with Crippen molar-refractivity contribution in [3.63, 3.8) is 0 Å². The Morgan fingerprint density at radius 2 is 1.37 bits per heavy atom. The number of hydrogen-bond acceptors (Lipinski definition) is 19. The quantitative estimate of drug-likeness (QED) is 0.106. The molecule has 1 aromatic heterocycles. The topological polar surface area (TPSA) is 317 Å². The van der Waals surface area contributed by atoms with Crippen molar-refractivity contribution in [2.24, 2.45) is 17.8 Å². The SMILES string of the molecule is C[C@@H]1[C@H](O)[C@@H](C)/C=C/C=C/C=C/C=C/C=C/C=C/C=C/[C@H](OC2O[C@@H](C)[C@@H](O)C[C@@H]2O)C[C@@H]2O[C@](O)(C[C@@H](O)C[C@@H](O)[C@H](OC[C@@H](C)S)CC[C@@H](O)C[C@@H](O)CC(=O)O[C@H]1C)C[C@H](O)[C@H]2C(=O)NNC(=O)c1ccco1. The number of aliphatic hydroxyl groups excluding tert-OH is 8. The smallest absolute Gasteiger partial charge is 0.308 e. The van der Waals surface area contributed by atoms with Gasteiger partial charge in [0.05, 0.1) is 92.4 Å². The lowest BCUT2D eigenvalue weighted by molar-refractivity contribution is -0.306. The number of nitrogens with one attached hydrogen (secondary N) is 2. The zero-order valence-electron chi connectivity index (χ0n) is 43.9. The Morgan fingerprint density at radius 3 is 1.99 bits per heavy atom. The van der Waals surface area contributed by atoms with Crippen molar-refractivity contribution in [3.8, 4) is 0 Å². The molecule has 2 fully saturated rings. The van der Waals surface area contributed by atoms with Gasteiger partial charge in [0.1, 0.15) is 12.2 Å². The van der Waals surface area contributed by atoms with E-state index >= 15 is 0 Å². The number of cyclic esters (lactones) is 1. The summed E-state index contributed by atoms with van der Waals surface area (Å²) in [5.41, 5.74) is 4.52. The molecule has 3 aliphatic heterocycles. The van der Waals surface area contributed by atoms with Gasteiger partial charge < -0.3 is 74.1 Å². The van der Waals surface area contributed by atoms with E-state index in [0.717, 1.165) is 0 Å². The molecule has 0 spiro atoms. The van der Waals surface area contributed by atoms with Crippen LogP contribution in [-0.2, 0) is 33.3 Å². The molecule has 11 N–H and O–H groups in total. The van der Waals surface area contributed by atoms with Gasteiger partial charge in [-0.2, -0.15) is 12.6 Å². The molecule has 2 bridgehead atoms.